The van der Waals surface area contributed by atoms with Gasteiger partial charge in [-0.1, -0.05) is 36.4 Å². The molecule has 1 amide bonds. The van der Waals surface area contributed by atoms with Crippen LogP contribution in [0.4, 0.5) is 10.3 Å². The van der Waals surface area contributed by atoms with Crippen molar-refractivity contribution in [3.63, 3.8) is 0 Å². The van der Waals surface area contributed by atoms with E-state index in [-0.39, 0.29) is 17.4 Å². The van der Waals surface area contributed by atoms with Crippen LogP contribution in [0.1, 0.15) is 15.9 Å². The molecule has 148 valence electrons. The number of nitrogen functional groups attached to an aromatic ring is 1. The van der Waals surface area contributed by atoms with E-state index in [0.29, 0.717) is 23.0 Å². The van der Waals surface area contributed by atoms with Crippen molar-refractivity contribution in [1.82, 2.24) is 19.3 Å². The molecule has 0 saturated heterocycles. The van der Waals surface area contributed by atoms with Crippen molar-refractivity contribution < 1.29 is 9.18 Å². The van der Waals surface area contributed by atoms with Crippen LogP contribution in [0.5, 0.6) is 0 Å². The number of halogens is 1. The molecular formula is C23H18FN5O. The van der Waals surface area contributed by atoms with Crippen molar-refractivity contribution in [2.45, 2.75) is 6.54 Å². The molecule has 0 aliphatic carbocycles. The summed E-state index contributed by atoms with van der Waals surface area (Å²) in [5.74, 6) is -0.491. The molecule has 2 aromatic carbocycles. The minimum absolute atomic E-state index is 0.127. The van der Waals surface area contributed by atoms with E-state index < -0.39 is 5.82 Å². The highest BCUT2D eigenvalue weighted by atomic mass is 19.1. The molecule has 5 rings (SSSR count). The summed E-state index contributed by atoms with van der Waals surface area (Å²) in [6, 6.07) is 16.2. The van der Waals surface area contributed by atoms with E-state index >= 15 is 0 Å². The first-order valence-electron chi connectivity index (χ1n) is 9.47. The number of carbonyl (C=O) groups excluding carboxylic acids is 1. The molecule has 5 aromatic rings. The molecule has 0 aliphatic heterocycles. The van der Waals surface area contributed by atoms with Crippen LogP contribution in [0.25, 0.3) is 27.3 Å². The number of aromatic nitrogens is 3. The molecule has 30 heavy (non-hydrogen) atoms. The Morgan fingerprint density at radius 1 is 1.13 bits per heavy atom. The Morgan fingerprint density at radius 2 is 1.93 bits per heavy atom. The fourth-order valence-electron chi connectivity index (χ4n) is 3.82. The number of amides is 1. The number of fused-ring (bicyclic) bond motifs is 4. The zero-order valence-corrected chi connectivity index (χ0v) is 16.2. The molecule has 0 atom stereocenters. The van der Waals surface area contributed by atoms with Gasteiger partial charge >= 0.3 is 0 Å². The third-order valence-electron chi connectivity index (χ3n) is 5.27. The highest BCUT2D eigenvalue weighted by molar-refractivity contribution is 6.01. The lowest BCUT2D eigenvalue weighted by Gasteiger charge is -2.17. The first kappa shape index (κ1) is 18.1. The molecule has 0 bridgehead atoms. The molecule has 6 nitrogen and oxygen atoms in total. The fraction of sp³-hybridized carbons (Fsp3) is 0.0870. The van der Waals surface area contributed by atoms with Crippen molar-refractivity contribution in [2.75, 3.05) is 12.8 Å². The number of nitrogens with zero attached hydrogens (tertiary/aromatic N) is 4. The zero-order valence-electron chi connectivity index (χ0n) is 16.2. The Morgan fingerprint density at radius 3 is 2.80 bits per heavy atom. The lowest BCUT2D eigenvalue weighted by Crippen LogP contribution is -2.26. The number of nitrogens with two attached hydrogens (primary N) is 1. The monoisotopic (exact) mass is 399 g/mol. The second-order valence-electron chi connectivity index (χ2n) is 7.24. The van der Waals surface area contributed by atoms with Crippen molar-refractivity contribution in [3.8, 4) is 0 Å². The summed E-state index contributed by atoms with van der Waals surface area (Å²) in [6.45, 7) is 0.405. The molecule has 2 N–H and O–H groups in total. The van der Waals surface area contributed by atoms with E-state index in [0.717, 1.165) is 16.5 Å². The number of carbonyl (C=O) groups is 1. The summed E-state index contributed by atoms with van der Waals surface area (Å²) in [5.41, 5.74) is 9.13. The number of hydrogen-bond acceptors (Lipinski definition) is 4. The van der Waals surface area contributed by atoms with Crippen LogP contribution >= 0.6 is 0 Å². The minimum atomic E-state index is -0.448. The van der Waals surface area contributed by atoms with Gasteiger partial charge in [-0.3, -0.25) is 14.2 Å². The number of anilines is 1. The van der Waals surface area contributed by atoms with E-state index in [4.69, 9.17) is 5.73 Å². The van der Waals surface area contributed by atoms with Crippen LogP contribution in [-0.2, 0) is 6.54 Å². The van der Waals surface area contributed by atoms with Gasteiger partial charge in [-0.25, -0.2) is 9.37 Å². The molecule has 0 saturated carbocycles. The van der Waals surface area contributed by atoms with Gasteiger partial charge in [-0.05, 0) is 23.8 Å². The third-order valence-corrected chi connectivity index (χ3v) is 5.27. The number of pyridine rings is 1. The highest BCUT2D eigenvalue weighted by Crippen LogP contribution is 2.26. The van der Waals surface area contributed by atoms with Crippen LogP contribution in [0.3, 0.4) is 0 Å². The van der Waals surface area contributed by atoms with E-state index in [1.165, 1.54) is 6.07 Å². The molecule has 7 heteroatoms. The normalized spacial score (nSPS) is 11.4. The van der Waals surface area contributed by atoms with E-state index in [1.807, 2.05) is 30.3 Å². The van der Waals surface area contributed by atoms with E-state index in [1.54, 1.807) is 46.9 Å². The summed E-state index contributed by atoms with van der Waals surface area (Å²) in [6.07, 6.45) is 3.39. The summed E-state index contributed by atoms with van der Waals surface area (Å²) in [7, 11) is 1.74. The molecule has 0 radical (unpaired) electrons. The number of rotatable bonds is 3. The van der Waals surface area contributed by atoms with Gasteiger partial charge < -0.3 is 10.6 Å². The van der Waals surface area contributed by atoms with Crippen LogP contribution in [0, 0.1) is 5.82 Å². The predicted molar refractivity (Wildman–Crippen MR) is 115 cm³/mol. The Bertz CT molecular complexity index is 1440. The lowest BCUT2D eigenvalue weighted by atomic mass is 10.1. The van der Waals surface area contributed by atoms with Crippen molar-refractivity contribution in [1.29, 1.82) is 0 Å². The Hall–Kier alpha value is -4.00. The third kappa shape index (κ3) is 2.83. The van der Waals surface area contributed by atoms with Gasteiger partial charge in [0, 0.05) is 36.8 Å². The SMILES string of the molecule is CN(Cc1cccc2cccnc12)C(=O)c1cc2c3cccc(F)c3nc(N)n2c1. The average Bonchev–Trinajstić information content (AvgIpc) is 3.21. The van der Waals surface area contributed by atoms with E-state index in [2.05, 4.69) is 9.97 Å². The summed E-state index contributed by atoms with van der Waals surface area (Å²) < 4.78 is 15.8. The first-order chi connectivity index (χ1) is 14.5. The summed E-state index contributed by atoms with van der Waals surface area (Å²) in [5, 5.41) is 1.63. The molecule has 3 heterocycles. The molecular weight excluding hydrogens is 381 g/mol. The van der Waals surface area contributed by atoms with E-state index in [9.17, 15) is 9.18 Å². The van der Waals surface area contributed by atoms with Crippen LogP contribution in [0.2, 0.25) is 0 Å². The number of hydrogen-bond donors (Lipinski definition) is 1. The molecule has 3 aromatic heterocycles. The maximum absolute atomic E-state index is 14.1. The van der Waals surface area contributed by atoms with Gasteiger partial charge in [0.1, 0.15) is 11.3 Å². The largest absolute Gasteiger partial charge is 0.369 e. The van der Waals surface area contributed by atoms with Crippen LogP contribution < -0.4 is 5.73 Å². The van der Waals surface area contributed by atoms with Crippen molar-refractivity contribution >= 4 is 39.2 Å². The smallest absolute Gasteiger partial charge is 0.255 e. The van der Waals surface area contributed by atoms with Crippen LogP contribution in [-0.4, -0.2) is 32.2 Å². The topological polar surface area (TPSA) is 76.5 Å². The van der Waals surface area contributed by atoms with Gasteiger partial charge in [0.05, 0.1) is 16.6 Å². The fourth-order valence-corrected chi connectivity index (χ4v) is 3.82. The van der Waals surface area contributed by atoms with Crippen LogP contribution in [0.15, 0.2) is 67.0 Å². The minimum Gasteiger partial charge on any atom is -0.369 e. The maximum atomic E-state index is 14.1. The average molecular weight is 399 g/mol. The molecule has 0 spiro atoms. The lowest BCUT2D eigenvalue weighted by molar-refractivity contribution is 0.0786. The van der Waals surface area contributed by atoms with Gasteiger partial charge in [0.2, 0.25) is 5.95 Å². The standard InChI is InChI=1S/C23H18FN5O/c1-28(12-15-6-2-5-14-7-4-10-26-20(14)15)22(30)16-11-19-17-8-3-9-18(24)21(17)27-23(25)29(19)13-16/h2-11,13H,12H2,1H3,(H2,25,27). The number of benzene rings is 2. The Kier molecular flexibility index (Phi) is 4.10. The quantitative estimate of drug-likeness (QED) is 0.497. The predicted octanol–water partition coefficient (Wildman–Crippen LogP) is 4.03. The molecule has 0 aliphatic rings. The Balaban J connectivity index is 1.53. The zero-order chi connectivity index (χ0) is 20.8. The van der Waals surface area contributed by atoms with Crippen molar-refractivity contribution in [2.24, 2.45) is 0 Å². The van der Waals surface area contributed by atoms with Gasteiger partial charge in [0.15, 0.2) is 0 Å². The van der Waals surface area contributed by atoms with Gasteiger partial charge in [-0.2, -0.15) is 0 Å². The van der Waals surface area contributed by atoms with Gasteiger partial charge in [-0.15, -0.1) is 0 Å². The second kappa shape index (κ2) is 6.81. The Labute approximate surface area is 171 Å². The van der Waals surface area contributed by atoms with Gasteiger partial charge in [0.25, 0.3) is 5.91 Å². The summed E-state index contributed by atoms with van der Waals surface area (Å²) in [4.78, 5) is 23.4. The van der Waals surface area contributed by atoms with Crippen molar-refractivity contribution in [3.05, 3.63) is 83.9 Å². The highest BCUT2D eigenvalue weighted by Gasteiger charge is 2.18. The maximum Gasteiger partial charge on any atom is 0.255 e. The second-order valence-corrected chi connectivity index (χ2v) is 7.24. The molecule has 0 fully saturated rings. The summed E-state index contributed by atoms with van der Waals surface area (Å²) >= 11 is 0. The first-order valence-corrected chi connectivity index (χ1v) is 9.47. The number of para-hydroxylation sites is 2. The molecule has 0 unspecified atom stereocenters.